The van der Waals surface area contributed by atoms with Gasteiger partial charge in [0.15, 0.2) is 0 Å². The van der Waals surface area contributed by atoms with E-state index in [1.54, 1.807) is 11.0 Å². The summed E-state index contributed by atoms with van der Waals surface area (Å²) in [5.41, 5.74) is 3.90. The lowest BCUT2D eigenvalue weighted by Crippen LogP contribution is -2.39. The molecule has 0 N–H and O–H groups in total. The first-order valence-corrected chi connectivity index (χ1v) is 9.20. The Labute approximate surface area is 159 Å². The molecule has 0 aromatic heterocycles. The Morgan fingerprint density at radius 2 is 1.96 bits per heavy atom. The van der Waals surface area contributed by atoms with E-state index in [1.807, 2.05) is 42.2 Å². The van der Waals surface area contributed by atoms with Gasteiger partial charge in [0.05, 0.1) is 0 Å². The number of rotatable bonds is 4. The van der Waals surface area contributed by atoms with Gasteiger partial charge in [-0.25, -0.2) is 0 Å². The number of hydrogen-bond donors (Lipinski definition) is 0. The Bertz CT molecular complexity index is 850. The smallest absolute Gasteiger partial charge is 0.229 e. The van der Waals surface area contributed by atoms with Gasteiger partial charge in [-0.15, -0.1) is 0 Å². The van der Waals surface area contributed by atoms with Crippen molar-refractivity contribution in [2.75, 3.05) is 16.3 Å². The van der Waals surface area contributed by atoms with Crippen LogP contribution in [0.3, 0.4) is 0 Å². The maximum absolute atomic E-state index is 12.9. The molecule has 26 heavy (non-hydrogen) atoms. The van der Waals surface area contributed by atoms with Crippen molar-refractivity contribution >= 4 is 34.8 Å². The third-order valence-corrected chi connectivity index (χ3v) is 5.09. The molecule has 3 rings (SSSR count). The molecule has 5 heteroatoms. The Hall–Kier alpha value is -2.33. The minimum Gasteiger partial charge on any atom is -0.312 e. The molecule has 0 fully saturated rings. The minimum atomic E-state index is -0.0851. The number of carbonyl (C=O) groups is 2. The lowest BCUT2D eigenvalue weighted by atomic mass is 10.1. The second kappa shape index (κ2) is 7.50. The van der Waals surface area contributed by atoms with Gasteiger partial charge >= 0.3 is 0 Å². The minimum absolute atomic E-state index is 0.0420. The molecule has 1 unspecified atom stereocenters. The summed E-state index contributed by atoms with van der Waals surface area (Å²) in [5, 5.41) is 0.633. The summed E-state index contributed by atoms with van der Waals surface area (Å²) in [6.07, 6.45) is 1.15. The first-order chi connectivity index (χ1) is 12.4. The van der Waals surface area contributed by atoms with E-state index in [2.05, 4.69) is 13.0 Å². The Balaban J connectivity index is 1.76. The summed E-state index contributed by atoms with van der Waals surface area (Å²) < 4.78 is 0. The van der Waals surface area contributed by atoms with Crippen molar-refractivity contribution < 1.29 is 9.59 Å². The second-order valence-corrected chi connectivity index (χ2v) is 7.23. The van der Waals surface area contributed by atoms with Gasteiger partial charge in [0.1, 0.15) is 0 Å². The molecule has 1 aliphatic rings. The van der Waals surface area contributed by atoms with Crippen LogP contribution in [0.2, 0.25) is 5.02 Å². The summed E-state index contributed by atoms with van der Waals surface area (Å²) in [7, 11) is 0. The highest BCUT2D eigenvalue weighted by Crippen LogP contribution is 2.32. The number of carbonyl (C=O) groups excluding carboxylic acids is 2. The summed E-state index contributed by atoms with van der Waals surface area (Å²) in [5.74, 6) is -0.0431. The highest BCUT2D eigenvalue weighted by molar-refractivity contribution is 6.30. The van der Waals surface area contributed by atoms with Crippen molar-refractivity contribution in [3.05, 3.63) is 58.6 Å². The third-order valence-electron chi connectivity index (χ3n) is 4.85. The van der Waals surface area contributed by atoms with Crippen molar-refractivity contribution in [2.24, 2.45) is 0 Å². The molecule has 4 nitrogen and oxygen atoms in total. The molecule has 0 bridgehead atoms. The molecule has 1 heterocycles. The fourth-order valence-corrected chi connectivity index (χ4v) is 3.87. The van der Waals surface area contributed by atoms with Gasteiger partial charge < -0.3 is 9.80 Å². The average molecular weight is 371 g/mol. The van der Waals surface area contributed by atoms with Gasteiger partial charge in [-0.05, 0) is 55.7 Å². The molecule has 136 valence electrons. The SMILES string of the molecule is CC(=O)N(CCC(=O)N1c2ccccc2CC1C)c1ccc(Cl)cc1C. The molecular weight excluding hydrogens is 348 g/mol. The predicted molar refractivity (Wildman–Crippen MR) is 106 cm³/mol. The second-order valence-electron chi connectivity index (χ2n) is 6.80. The van der Waals surface area contributed by atoms with Crippen LogP contribution >= 0.6 is 11.6 Å². The average Bonchev–Trinajstić information content (AvgIpc) is 2.92. The fraction of sp³-hybridized carbons (Fsp3) is 0.333. The quantitative estimate of drug-likeness (QED) is 0.801. The zero-order valence-electron chi connectivity index (χ0n) is 15.3. The van der Waals surface area contributed by atoms with Crippen molar-refractivity contribution in [1.82, 2.24) is 0 Å². The van der Waals surface area contributed by atoms with Crippen LogP contribution in [0.5, 0.6) is 0 Å². The van der Waals surface area contributed by atoms with Crippen LogP contribution in [0, 0.1) is 6.92 Å². The number of halogens is 1. The number of para-hydroxylation sites is 1. The summed E-state index contributed by atoms with van der Waals surface area (Å²) >= 11 is 6.01. The van der Waals surface area contributed by atoms with E-state index in [1.165, 1.54) is 12.5 Å². The summed E-state index contributed by atoms with van der Waals surface area (Å²) in [6, 6.07) is 13.6. The van der Waals surface area contributed by atoms with Gasteiger partial charge in [-0.1, -0.05) is 29.8 Å². The highest BCUT2D eigenvalue weighted by Gasteiger charge is 2.30. The Kier molecular flexibility index (Phi) is 5.33. The van der Waals surface area contributed by atoms with Gasteiger partial charge in [-0.2, -0.15) is 0 Å². The molecule has 0 radical (unpaired) electrons. The van der Waals surface area contributed by atoms with E-state index in [9.17, 15) is 9.59 Å². The molecule has 0 saturated carbocycles. The predicted octanol–water partition coefficient (Wildman–Crippen LogP) is 4.37. The number of amides is 2. The number of aryl methyl sites for hydroxylation is 1. The van der Waals surface area contributed by atoms with E-state index in [-0.39, 0.29) is 24.3 Å². The highest BCUT2D eigenvalue weighted by atomic mass is 35.5. The van der Waals surface area contributed by atoms with Gasteiger partial charge in [-0.3, -0.25) is 9.59 Å². The van der Waals surface area contributed by atoms with Crippen LogP contribution in [-0.2, 0) is 16.0 Å². The fourth-order valence-electron chi connectivity index (χ4n) is 3.64. The van der Waals surface area contributed by atoms with E-state index < -0.39 is 0 Å². The Morgan fingerprint density at radius 3 is 2.65 bits per heavy atom. The van der Waals surface area contributed by atoms with E-state index in [0.717, 1.165) is 23.4 Å². The molecule has 2 amide bonds. The summed E-state index contributed by atoms with van der Waals surface area (Å²) in [4.78, 5) is 28.5. The van der Waals surface area contributed by atoms with Crippen LogP contribution < -0.4 is 9.80 Å². The van der Waals surface area contributed by atoms with Gasteiger partial charge in [0, 0.05) is 42.3 Å². The maximum Gasteiger partial charge on any atom is 0.229 e. The standard InChI is InChI=1S/C21H23ClN2O2/c1-14-12-18(22)8-9-19(14)23(16(3)25)11-10-21(26)24-15(2)13-17-6-4-5-7-20(17)24/h4-9,12,15H,10-11,13H2,1-3H3. The van der Waals surface area contributed by atoms with Gasteiger partial charge in [0.2, 0.25) is 11.8 Å². The van der Waals surface area contributed by atoms with E-state index >= 15 is 0 Å². The number of fused-ring (bicyclic) bond motifs is 1. The van der Waals surface area contributed by atoms with Crippen LogP contribution in [0.4, 0.5) is 11.4 Å². The Morgan fingerprint density at radius 1 is 1.23 bits per heavy atom. The molecule has 0 aliphatic carbocycles. The topological polar surface area (TPSA) is 40.6 Å². The van der Waals surface area contributed by atoms with Crippen molar-refractivity contribution in [3.8, 4) is 0 Å². The molecule has 0 spiro atoms. The number of nitrogens with zero attached hydrogens (tertiary/aromatic N) is 2. The molecule has 2 aromatic rings. The largest absolute Gasteiger partial charge is 0.312 e. The van der Waals surface area contributed by atoms with Crippen LogP contribution in [-0.4, -0.2) is 24.4 Å². The first-order valence-electron chi connectivity index (χ1n) is 8.82. The van der Waals surface area contributed by atoms with Crippen molar-refractivity contribution in [2.45, 2.75) is 39.7 Å². The molecule has 1 atom stereocenters. The first kappa shape index (κ1) is 18.5. The van der Waals surface area contributed by atoms with Crippen LogP contribution in [0.1, 0.15) is 31.4 Å². The van der Waals surface area contributed by atoms with E-state index in [4.69, 9.17) is 11.6 Å². The van der Waals surface area contributed by atoms with Crippen LogP contribution in [0.25, 0.3) is 0 Å². The van der Waals surface area contributed by atoms with E-state index in [0.29, 0.717) is 11.6 Å². The van der Waals surface area contributed by atoms with Crippen molar-refractivity contribution in [3.63, 3.8) is 0 Å². The normalized spacial score (nSPS) is 15.7. The third kappa shape index (κ3) is 3.61. The zero-order valence-corrected chi connectivity index (χ0v) is 16.1. The molecule has 1 aliphatic heterocycles. The van der Waals surface area contributed by atoms with Crippen molar-refractivity contribution in [1.29, 1.82) is 0 Å². The molecule has 2 aromatic carbocycles. The number of hydrogen-bond acceptors (Lipinski definition) is 2. The van der Waals surface area contributed by atoms with Crippen LogP contribution in [0.15, 0.2) is 42.5 Å². The monoisotopic (exact) mass is 370 g/mol. The molecule has 0 saturated heterocycles. The maximum atomic E-state index is 12.9. The molecular formula is C21H23ClN2O2. The lowest BCUT2D eigenvalue weighted by Gasteiger charge is -2.26. The summed E-state index contributed by atoms with van der Waals surface area (Å²) in [6.45, 7) is 5.84. The number of anilines is 2. The zero-order chi connectivity index (χ0) is 18.8. The lowest BCUT2D eigenvalue weighted by molar-refractivity contribution is -0.119. The van der Waals surface area contributed by atoms with Gasteiger partial charge in [0.25, 0.3) is 0 Å². The number of benzene rings is 2.